The van der Waals surface area contributed by atoms with Gasteiger partial charge in [0.1, 0.15) is 5.82 Å². The van der Waals surface area contributed by atoms with Crippen LogP contribution in [0.15, 0.2) is 24.3 Å². The summed E-state index contributed by atoms with van der Waals surface area (Å²) in [6.07, 6.45) is 0. The van der Waals surface area contributed by atoms with Crippen molar-refractivity contribution in [1.82, 2.24) is 10.2 Å². The molecule has 0 aromatic heterocycles. The molecule has 0 radical (unpaired) electrons. The standard InChI is InChI=1S/C12H18FN3O2S/c13-11-2-1-3-12(10-11)15-19(17,18)9-8-16-6-4-14-5-7-16/h1-3,10,14-15H,4-9H2. The maximum absolute atomic E-state index is 13.0. The number of anilines is 1. The summed E-state index contributed by atoms with van der Waals surface area (Å²) in [5.74, 6) is -0.439. The lowest BCUT2D eigenvalue weighted by atomic mass is 10.3. The highest BCUT2D eigenvalue weighted by atomic mass is 32.2. The minimum absolute atomic E-state index is 0.0174. The summed E-state index contributed by atoms with van der Waals surface area (Å²) in [6, 6.07) is 5.45. The van der Waals surface area contributed by atoms with Crippen LogP contribution in [-0.2, 0) is 10.0 Å². The molecule has 0 unspecified atom stereocenters. The van der Waals surface area contributed by atoms with E-state index in [1.807, 2.05) is 0 Å². The van der Waals surface area contributed by atoms with E-state index in [9.17, 15) is 12.8 Å². The van der Waals surface area contributed by atoms with Gasteiger partial charge < -0.3 is 5.32 Å². The molecule has 19 heavy (non-hydrogen) atoms. The summed E-state index contributed by atoms with van der Waals surface area (Å²) in [5.41, 5.74) is 0.264. The summed E-state index contributed by atoms with van der Waals surface area (Å²) in [6.45, 7) is 3.98. The summed E-state index contributed by atoms with van der Waals surface area (Å²) in [7, 11) is -3.43. The quantitative estimate of drug-likeness (QED) is 0.826. The Kier molecular flexibility index (Phi) is 4.73. The van der Waals surface area contributed by atoms with Crippen LogP contribution in [0.2, 0.25) is 0 Å². The SMILES string of the molecule is O=S(=O)(CCN1CCNCC1)Nc1cccc(F)c1. The third-order valence-electron chi connectivity index (χ3n) is 2.98. The maximum atomic E-state index is 13.0. The lowest BCUT2D eigenvalue weighted by molar-refractivity contribution is 0.254. The van der Waals surface area contributed by atoms with E-state index in [1.54, 1.807) is 0 Å². The van der Waals surface area contributed by atoms with Crippen LogP contribution in [0.5, 0.6) is 0 Å². The Hall–Kier alpha value is -1.18. The second-order valence-corrected chi connectivity index (χ2v) is 6.36. The zero-order valence-corrected chi connectivity index (χ0v) is 11.4. The second kappa shape index (κ2) is 6.31. The summed E-state index contributed by atoms with van der Waals surface area (Å²) < 4.78 is 39.1. The Bertz CT molecular complexity index is 515. The normalized spacial score (nSPS) is 17.3. The van der Waals surface area contributed by atoms with Crippen LogP contribution in [0.25, 0.3) is 0 Å². The molecular formula is C12H18FN3O2S. The third-order valence-corrected chi connectivity index (χ3v) is 4.25. The van der Waals surface area contributed by atoms with E-state index in [-0.39, 0.29) is 11.4 Å². The van der Waals surface area contributed by atoms with Gasteiger partial charge in [0.2, 0.25) is 10.0 Å². The van der Waals surface area contributed by atoms with Crippen LogP contribution in [0.1, 0.15) is 0 Å². The topological polar surface area (TPSA) is 61.4 Å². The Labute approximate surface area is 112 Å². The Balaban J connectivity index is 1.87. The van der Waals surface area contributed by atoms with Crippen LogP contribution in [0.3, 0.4) is 0 Å². The lowest BCUT2D eigenvalue weighted by Gasteiger charge is -2.26. The number of hydrogen-bond donors (Lipinski definition) is 2. The van der Waals surface area contributed by atoms with Gasteiger partial charge in [0.05, 0.1) is 11.4 Å². The molecule has 0 amide bonds. The molecule has 2 N–H and O–H groups in total. The summed E-state index contributed by atoms with van der Waals surface area (Å²) in [5, 5.41) is 3.21. The number of halogens is 1. The lowest BCUT2D eigenvalue weighted by Crippen LogP contribution is -2.45. The molecule has 106 valence electrons. The predicted octanol–water partition coefficient (Wildman–Crippen LogP) is 0.473. The van der Waals surface area contributed by atoms with Crippen LogP contribution in [-0.4, -0.2) is 51.8 Å². The number of hydrogen-bond acceptors (Lipinski definition) is 4. The molecule has 5 nitrogen and oxygen atoms in total. The zero-order valence-electron chi connectivity index (χ0n) is 10.6. The highest BCUT2D eigenvalue weighted by molar-refractivity contribution is 7.92. The van der Waals surface area contributed by atoms with E-state index in [0.717, 1.165) is 26.2 Å². The van der Waals surface area contributed by atoms with Gasteiger partial charge in [-0.25, -0.2) is 12.8 Å². The fourth-order valence-electron chi connectivity index (χ4n) is 1.97. The molecule has 1 aliphatic heterocycles. The average molecular weight is 287 g/mol. The van der Waals surface area contributed by atoms with Crippen LogP contribution >= 0.6 is 0 Å². The molecule has 1 aromatic carbocycles. The Morgan fingerprint density at radius 1 is 1.32 bits per heavy atom. The average Bonchev–Trinajstić information content (AvgIpc) is 2.37. The first-order chi connectivity index (χ1) is 9.05. The van der Waals surface area contributed by atoms with Gasteiger partial charge in [-0.3, -0.25) is 9.62 Å². The van der Waals surface area contributed by atoms with Crippen molar-refractivity contribution in [3.63, 3.8) is 0 Å². The van der Waals surface area contributed by atoms with Gasteiger partial charge in [-0.2, -0.15) is 0 Å². The molecule has 1 heterocycles. The van der Waals surface area contributed by atoms with Crippen molar-refractivity contribution in [2.24, 2.45) is 0 Å². The fourth-order valence-corrected chi connectivity index (χ4v) is 3.05. The molecule has 0 atom stereocenters. The van der Waals surface area contributed by atoms with Crippen molar-refractivity contribution in [2.45, 2.75) is 0 Å². The molecule has 0 spiro atoms. The minimum atomic E-state index is -3.43. The fraction of sp³-hybridized carbons (Fsp3) is 0.500. The first-order valence-electron chi connectivity index (χ1n) is 6.24. The molecule has 1 aromatic rings. The van der Waals surface area contributed by atoms with Crippen molar-refractivity contribution in [3.8, 4) is 0 Å². The predicted molar refractivity (Wildman–Crippen MR) is 73.1 cm³/mol. The van der Waals surface area contributed by atoms with Crippen LogP contribution in [0, 0.1) is 5.82 Å². The highest BCUT2D eigenvalue weighted by Crippen LogP contribution is 2.11. The van der Waals surface area contributed by atoms with E-state index >= 15 is 0 Å². The zero-order chi connectivity index (χ0) is 13.7. The minimum Gasteiger partial charge on any atom is -0.314 e. The highest BCUT2D eigenvalue weighted by Gasteiger charge is 2.15. The van der Waals surface area contributed by atoms with Crippen molar-refractivity contribution >= 4 is 15.7 Å². The molecule has 7 heteroatoms. The van der Waals surface area contributed by atoms with Crippen LogP contribution in [0.4, 0.5) is 10.1 Å². The van der Waals surface area contributed by atoms with Crippen molar-refractivity contribution in [3.05, 3.63) is 30.1 Å². The van der Waals surface area contributed by atoms with E-state index < -0.39 is 15.8 Å². The molecule has 1 fully saturated rings. The smallest absolute Gasteiger partial charge is 0.233 e. The molecule has 1 saturated heterocycles. The van der Waals surface area contributed by atoms with Gasteiger partial charge in [0.25, 0.3) is 0 Å². The molecule has 0 bridgehead atoms. The monoisotopic (exact) mass is 287 g/mol. The number of piperazine rings is 1. The van der Waals surface area contributed by atoms with Gasteiger partial charge in [-0.15, -0.1) is 0 Å². The van der Waals surface area contributed by atoms with E-state index in [1.165, 1.54) is 24.3 Å². The number of benzene rings is 1. The van der Waals surface area contributed by atoms with Crippen LogP contribution < -0.4 is 10.0 Å². The van der Waals surface area contributed by atoms with Crippen molar-refractivity contribution < 1.29 is 12.8 Å². The Morgan fingerprint density at radius 2 is 2.05 bits per heavy atom. The molecular weight excluding hydrogens is 269 g/mol. The summed E-state index contributed by atoms with van der Waals surface area (Å²) in [4.78, 5) is 2.10. The molecule has 0 saturated carbocycles. The van der Waals surface area contributed by atoms with E-state index in [2.05, 4.69) is 14.9 Å². The van der Waals surface area contributed by atoms with Gasteiger partial charge >= 0.3 is 0 Å². The number of nitrogens with one attached hydrogen (secondary N) is 2. The Morgan fingerprint density at radius 3 is 2.74 bits per heavy atom. The maximum Gasteiger partial charge on any atom is 0.233 e. The molecule has 0 aliphatic carbocycles. The third kappa shape index (κ3) is 4.77. The first-order valence-corrected chi connectivity index (χ1v) is 7.89. The largest absolute Gasteiger partial charge is 0.314 e. The van der Waals surface area contributed by atoms with Crippen molar-refractivity contribution in [1.29, 1.82) is 0 Å². The number of nitrogens with zero attached hydrogens (tertiary/aromatic N) is 1. The number of rotatable bonds is 5. The molecule has 2 rings (SSSR count). The van der Waals surface area contributed by atoms with Crippen molar-refractivity contribution in [2.75, 3.05) is 43.2 Å². The second-order valence-electron chi connectivity index (χ2n) is 4.52. The first kappa shape index (κ1) is 14.2. The van der Waals surface area contributed by atoms with Gasteiger partial charge in [0.15, 0.2) is 0 Å². The van der Waals surface area contributed by atoms with Gasteiger partial charge in [-0.05, 0) is 18.2 Å². The molecule has 1 aliphatic rings. The van der Waals surface area contributed by atoms with E-state index in [4.69, 9.17) is 0 Å². The van der Waals surface area contributed by atoms with Gasteiger partial charge in [-0.1, -0.05) is 6.07 Å². The van der Waals surface area contributed by atoms with Gasteiger partial charge in [0, 0.05) is 32.7 Å². The van der Waals surface area contributed by atoms with E-state index in [0.29, 0.717) is 6.54 Å². The number of sulfonamides is 1. The summed E-state index contributed by atoms with van der Waals surface area (Å²) >= 11 is 0.